The van der Waals surface area contributed by atoms with Crippen LogP contribution in [0.25, 0.3) is 0 Å². The maximum Gasteiger partial charge on any atom is 0.271 e. The Labute approximate surface area is 128 Å². The molecule has 1 amide bonds. The second-order valence-corrected chi connectivity index (χ2v) is 5.83. The number of carbonyl (C=O) groups excluding carboxylic acids is 1. The van der Waals surface area contributed by atoms with E-state index in [0.717, 1.165) is 25.9 Å². The van der Waals surface area contributed by atoms with Gasteiger partial charge in [-0.25, -0.2) is 0 Å². The number of carbonyl (C=O) groups is 1. The van der Waals surface area contributed by atoms with E-state index in [9.17, 15) is 14.9 Å². The van der Waals surface area contributed by atoms with E-state index >= 15 is 0 Å². The normalized spacial score (nSPS) is 16.7. The highest BCUT2D eigenvalue weighted by molar-refractivity contribution is 6.33. The first-order valence-corrected chi connectivity index (χ1v) is 7.26. The zero-order valence-corrected chi connectivity index (χ0v) is 12.6. The van der Waals surface area contributed by atoms with E-state index < -0.39 is 4.92 Å². The van der Waals surface area contributed by atoms with Crippen molar-refractivity contribution in [2.45, 2.75) is 19.3 Å². The van der Waals surface area contributed by atoms with E-state index in [0.29, 0.717) is 23.0 Å². The summed E-state index contributed by atoms with van der Waals surface area (Å²) in [5.74, 6) is 0.214. The van der Waals surface area contributed by atoms with Crippen LogP contribution in [-0.2, 0) is 4.79 Å². The molecule has 1 aliphatic rings. The van der Waals surface area contributed by atoms with E-state index in [2.05, 4.69) is 17.3 Å². The van der Waals surface area contributed by atoms with Gasteiger partial charge in [-0.2, -0.15) is 0 Å². The summed E-state index contributed by atoms with van der Waals surface area (Å²) in [6.45, 7) is 1.99. The third-order valence-electron chi connectivity index (χ3n) is 3.75. The third-order valence-corrected chi connectivity index (χ3v) is 4.08. The average molecular weight is 312 g/mol. The van der Waals surface area contributed by atoms with Gasteiger partial charge < -0.3 is 10.2 Å². The number of halogens is 1. The molecule has 1 saturated heterocycles. The molecule has 1 aromatic rings. The lowest BCUT2D eigenvalue weighted by Gasteiger charge is -2.28. The average Bonchev–Trinajstić information content (AvgIpc) is 2.43. The Morgan fingerprint density at radius 3 is 2.76 bits per heavy atom. The summed E-state index contributed by atoms with van der Waals surface area (Å²) in [7, 11) is 2.07. The van der Waals surface area contributed by atoms with Crippen LogP contribution in [0.1, 0.15) is 19.3 Å². The first-order valence-electron chi connectivity index (χ1n) is 6.88. The Balaban J connectivity index is 1.96. The van der Waals surface area contributed by atoms with Crippen LogP contribution in [0.3, 0.4) is 0 Å². The summed E-state index contributed by atoms with van der Waals surface area (Å²) in [4.78, 5) is 24.5. The molecular weight excluding hydrogens is 294 g/mol. The molecule has 21 heavy (non-hydrogen) atoms. The van der Waals surface area contributed by atoms with Gasteiger partial charge in [0, 0.05) is 18.6 Å². The molecule has 0 spiro atoms. The zero-order valence-electron chi connectivity index (χ0n) is 11.8. The predicted molar refractivity (Wildman–Crippen MR) is 81.6 cm³/mol. The Bertz CT molecular complexity index is 542. The Morgan fingerprint density at radius 2 is 2.14 bits per heavy atom. The number of hydrogen-bond acceptors (Lipinski definition) is 4. The van der Waals surface area contributed by atoms with E-state index in [-0.39, 0.29) is 11.6 Å². The molecule has 1 fully saturated rings. The molecule has 114 valence electrons. The number of likely N-dealkylation sites (tertiary alicyclic amines) is 1. The quantitative estimate of drug-likeness (QED) is 0.685. The fraction of sp³-hybridized carbons (Fsp3) is 0.500. The van der Waals surface area contributed by atoms with Crippen LogP contribution >= 0.6 is 11.6 Å². The molecule has 1 N–H and O–H groups in total. The fourth-order valence-electron chi connectivity index (χ4n) is 2.45. The van der Waals surface area contributed by atoms with Gasteiger partial charge in [0.25, 0.3) is 5.69 Å². The largest absolute Gasteiger partial charge is 0.325 e. The molecule has 1 aliphatic heterocycles. The monoisotopic (exact) mass is 311 g/mol. The SMILES string of the molecule is CN1CCC(CC(=O)Nc2cc([N+](=O)[O-])ccc2Cl)CC1. The molecule has 0 bridgehead atoms. The predicted octanol–water partition coefficient (Wildman–Crippen LogP) is 2.92. The zero-order chi connectivity index (χ0) is 15.4. The van der Waals surface area contributed by atoms with Crippen LogP contribution in [-0.4, -0.2) is 35.9 Å². The standard InChI is InChI=1S/C14H18ClN3O3/c1-17-6-4-10(5-7-17)8-14(19)16-13-9-11(18(20)21)2-3-12(13)15/h2-3,9-10H,4-8H2,1H3,(H,16,19). The first kappa shape index (κ1) is 15.7. The van der Waals surface area contributed by atoms with Gasteiger partial charge in [0.05, 0.1) is 15.6 Å². The number of nitrogens with zero attached hydrogens (tertiary/aromatic N) is 2. The van der Waals surface area contributed by atoms with Gasteiger partial charge in [0.1, 0.15) is 0 Å². The topological polar surface area (TPSA) is 75.5 Å². The van der Waals surface area contributed by atoms with Gasteiger partial charge >= 0.3 is 0 Å². The van der Waals surface area contributed by atoms with Crippen molar-refractivity contribution in [2.24, 2.45) is 5.92 Å². The van der Waals surface area contributed by atoms with Crippen molar-refractivity contribution in [1.82, 2.24) is 4.90 Å². The van der Waals surface area contributed by atoms with E-state index in [1.54, 1.807) is 0 Å². The molecule has 0 saturated carbocycles. The van der Waals surface area contributed by atoms with Crippen LogP contribution < -0.4 is 5.32 Å². The number of anilines is 1. The number of hydrogen-bond donors (Lipinski definition) is 1. The van der Waals surface area contributed by atoms with Gasteiger partial charge in [0.2, 0.25) is 5.91 Å². The lowest BCUT2D eigenvalue weighted by Crippen LogP contribution is -2.31. The van der Waals surface area contributed by atoms with Crippen molar-refractivity contribution < 1.29 is 9.72 Å². The maximum atomic E-state index is 12.0. The molecular formula is C14H18ClN3O3. The first-order chi connectivity index (χ1) is 9.95. The summed E-state index contributed by atoms with van der Waals surface area (Å²) < 4.78 is 0. The highest BCUT2D eigenvalue weighted by atomic mass is 35.5. The third kappa shape index (κ3) is 4.41. The maximum absolute atomic E-state index is 12.0. The summed E-state index contributed by atoms with van der Waals surface area (Å²) in [6, 6.07) is 4.02. The number of nitrogens with one attached hydrogen (secondary N) is 1. The molecule has 7 heteroatoms. The van der Waals surface area contributed by atoms with Crippen molar-refractivity contribution in [3.63, 3.8) is 0 Å². The number of benzene rings is 1. The molecule has 1 aromatic carbocycles. The van der Waals surface area contributed by atoms with Crippen LogP contribution in [0.15, 0.2) is 18.2 Å². The van der Waals surface area contributed by atoms with Crippen LogP contribution in [0, 0.1) is 16.0 Å². The van der Waals surface area contributed by atoms with Gasteiger partial charge in [-0.3, -0.25) is 14.9 Å². The molecule has 2 rings (SSSR count). The Hall–Kier alpha value is -1.66. The second kappa shape index (κ2) is 6.87. The summed E-state index contributed by atoms with van der Waals surface area (Å²) in [5.41, 5.74) is 0.206. The number of rotatable bonds is 4. The van der Waals surface area contributed by atoms with Crippen LogP contribution in [0.2, 0.25) is 5.02 Å². The van der Waals surface area contributed by atoms with Crippen molar-refractivity contribution >= 4 is 28.9 Å². The second-order valence-electron chi connectivity index (χ2n) is 5.42. The molecule has 0 aromatic heterocycles. The lowest BCUT2D eigenvalue weighted by atomic mass is 9.93. The molecule has 6 nitrogen and oxygen atoms in total. The molecule has 0 atom stereocenters. The number of amides is 1. The minimum atomic E-state index is -0.511. The molecule has 0 unspecified atom stereocenters. The van der Waals surface area contributed by atoms with Gasteiger partial charge in [0.15, 0.2) is 0 Å². The van der Waals surface area contributed by atoms with Crippen molar-refractivity contribution in [3.05, 3.63) is 33.3 Å². The summed E-state index contributed by atoms with van der Waals surface area (Å²) in [6.07, 6.45) is 2.41. The highest BCUT2D eigenvalue weighted by Gasteiger charge is 2.20. The van der Waals surface area contributed by atoms with Crippen LogP contribution in [0.5, 0.6) is 0 Å². The van der Waals surface area contributed by atoms with Crippen molar-refractivity contribution in [2.75, 3.05) is 25.5 Å². The Morgan fingerprint density at radius 1 is 1.48 bits per heavy atom. The minimum absolute atomic E-state index is 0.0889. The smallest absolute Gasteiger partial charge is 0.271 e. The van der Waals surface area contributed by atoms with Crippen molar-refractivity contribution in [3.8, 4) is 0 Å². The van der Waals surface area contributed by atoms with Gasteiger partial charge in [-0.15, -0.1) is 0 Å². The highest BCUT2D eigenvalue weighted by Crippen LogP contribution is 2.27. The summed E-state index contributed by atoms with van der Waals surface area (Å²) >= 11 is 5.96. The lowest BCUT2D eigenvalue weighted by molar-refractivity contribution is -0.384. The van der Waals surface area contributed by atoms with E-state index in [1.165, 1.54) is 18.2 Å². The molecule has 1 heterocycles. The Kier molecular flexibility index (Phi) is 5.14. The van der Waals surface area contributed by atoms with E-state index in [4.69, 9.17) is 11.6 Å². The summed E-state index contributed by atoms with van der Waals surface area (Å²) in [5, 5.41) is 13.7. The number of piperidine rings is 1. The molecule has 0 aliphatic carbocycles. The minimum Gasteiger partial charge on any atom is -0.325 e. The number of non-ortho nitro benzene ring substituents is 1. The van der Waals surface area contributed by atoms with Gasteiger partial charge in [-0.05, 0) is 45.0 Å². The number of nitro benzene ring substituents is 1. The van der Waals surface area contributed by atoms with Crippen molar-refractivity contribution in [1.29, 1.82) is 0 Å². The fourth-order valence-corrected chi connectivity index (χ4v) is 2.62. The van der Waals surface area contributed by atoms with Gasteiger partial charge in [-0.1, -0.05) is 11.6 Å². The number of nitro groups is 1. The van der Waals surface area contributed by atoms with Crippen LogP contribution in [0.4, 0.5) is 11.4 Å². The molecule has 0 radical (unpaired) electrons. The van der Waals surface area contributed by atoms with E-state index in [1.807, 2.05) is 0 Å².